The maximum Gasteiger partial charge on any atom is 0.252 e. The van der Waals surface area contributed by atoms with Gasteiger partial charge in [0.05, 0.1) is 21.3 Å². The fraction of sp³-hybridized carbons (Fsp3) is 0.350. The molecule has 0 radical (unpaired) electrons. The molecule has 134 valence electrons. The third-order valence-electron chi connectivity index (χ3n) is 5.24. The first-order chi connectivity index (χ1) is 12.7. The highest BCUT2D eigenvalue weighted by molar-refractivity contribution is 7.16. The Morgan fingerprint density at radius 2 is 2.08 bits per heavy atom. The molecular weight excluding hydrogens is 344 g/mol. The van der Waals surface area contributed by atoms with Crippen LogP contribution in [0.2, 0.25) is 0 Å². The lowest BCUT2D eigenvalue weighted by molar-refractivity contribution is 0.0962. The molecule has 0 aliphatic carbocycles. The van der Waals surface area contributed by atoms with E-state index in [4.69, 9.17) is 0 Å². The second-order valence-electron chi connectivity index (χ2n) is 6.70. The molecular formula is C20H22N4OS. The van der Waals surface area contributed by atoms with Crippen molar-refractivity contribution in [2.45, 2.75) is 25.8 Å². The van der Waals surface area contributed by atoms with Crippen LogP contribution in [0.1, 0.15) is 40.1 Å². The van der Waals surface area contributed by atoms with Gasteiger partial charge in [-0.2, -0.15) is 0 Å². The zero-order valence-corrected chi connectivity index (χ0v) is 15.8. The number of hydrogen-bond donors (Lipinski definition) is 1. The molecule has 6 heteroatoms. The van der Waals surface area contributed by atoms with E-state index in [1.807, 2.05) is 11.6 Å². The van der Waals surface area contributed by atoms with E-state index in [1.54, 1.807) is 24.6 Å². The van der Waals surface area contributed by atoms with Crippen molar-refractivity contribution in [3.63, 3.8) is 0 Å². The number of rotatable bonds is 3. The van der Waals surface area contributed by atoms with Crippen molar-refractivity contribution in [1.29, 1.82) is 0 Å². The Morgan fingerprint density at radius 1 is 1.23 bits per heavy atom. The van der Waals surface area contributed by atoms with E-state index >= 15 is 0 Å². The molecule has 4 rings (SSSR count). The summed E-state index contributed by atoms with van der Waals surface area (Å²) in [4.78, 5) is 23.4. The van der Waals surface area contributed by atoms with Crippen molar-refractivity contribution in [1.82, 2.24) is 20.2 Å². The van der Waals surface area contributed by atoms with E-state index in [9.17, 15) is 4.79 Å². The first kappa shape index (κ1) is 17.1. The molecule has 2 aromatic heterocycles. The average molecular weight is 366 g/mol. The van der Waals surface area contributed by atoms with Gasteiger partial charge in [0, 0.05) is 44.5 Å². The molecule has 0 fully saturated rings. The maximum absolute atomic E-state index is 11.9. The molecule has 3 heterocycles. The van der Waals surface area contributed by atoms with Gasteiger partial charge in [0.15, 0.2) is 0 Å². The van der Waals surface area contributed by atoms with E-state index in [0.29, 0.717) is 11.6 Å². The number of hydrogen-bond acceptors (Lipinski definition) is 5. The monoisotopic (exact) mass is 366 g/mol. The summed E-state index contributed by atoms with van der Waals surface area (Å²) in [5.41, 5.74) is 7.22. The summed E-state index contributed by atoms with van der Waals surface area (Å²) in [5, 5.41) is 2.67. The summed E-state index contributed by atoms with van der Waals surface area (Å²) in [6, 6.07) is 8.91. The highest BCUT2D eigenvalue weighted by Gasteiger charge is 2.21. The van der Waals surface area contributed by atoms with Crippen LogP contribution in [0.5, 0.6) is 0 Å². The van der Waals surface area contributed by atoms with Crippen molar-refractivity contribution >= 4 is 27.5 Å². The van der Waals surface area contributed by atoms with Crippen LogP contribution in [-0.2, 0) is 12.8 Å². The number of amides is 1. The minimum Gasteiger partial charge on any atom is -0.355 e. The number of aromatic nitrogens is 2. The molecule has 5 nitrogen and oxygen atoms in total. The number of carbonyl (C=O) groups is 1. The van der Waals surface area contributed by atoms with E-state index in [1.165, 1.54) is 15.8 Å². The van der Waals surface area contributed by atoms with Gasteiger partial charge in [0.1, 0.15) is 0 Å². The molecule has 0 bridgehead atoms. The number of nitrogens with one attached hydrogen (secondary N) is 1. The maximum atomic E-state index is 11.9. The Labute approximate surface area is 157 Å². The SMILES string of the molecule is CNC(=O)c1cnc2c(c1)CCN([C@@H](C)c1ccc3scnc3c1)CC2. The van der Waals surface area contributed by atoms with Gasteiger partial charge < -0.3 is 5.32 Å². The number of pyridine rings is 1. The topological polar surface area (TPSA) is 58.1 Å². The van der Waals surface area contributed by atoms with Crippen LogP contribution < -0.4 is 5.32 Å². The van der Waals surface area contributed by atoms with Crippen LogP contribution in [0.25, 0.3) is 10.2 Å². The first-order valence-electron chi connectivity index (χ1n) is 8.93. The Bertz CT molecular complexity index is 952. The minimum absolute atomic E-state index is 0.0775. The standard InChI is InChI=1S/C20H22N4OS/c1-13(14-3-4-19-18(10-14)23-12-26-19)24-7-5-15-9-16(20(25)21-2)11-22-17(15)6-8-24/h3-4,9-13H,5-8H2,1-2H3,(H,21,25)/t13-/m0/s1. The van der Waals surface area contributed by atoms with E-state index < -0.39 is 0 Å². The number of carbonyl (C=O) groups excluding carboxylic acids is 1. The van der Waals surface area contributed by atoms with Crippen molar-refractivity contribution in [2.75, 3.05) is 20.1 Å². The molecule has 0 saturated heterocycles. The summed E-state index contributed by atoms with van der Waals surface area (Å²) < 4.78 is 1.23. The van der Waals surface area contributed by atoms with Crippen LogP contribution in [0, 0.1) is 0 Å². The number of benzene rings is 1. The molecule has 1 amide bonds. The molecule has 26 heavy (non-hydrogen) atoms. The normalized spacial score (nSPS) is 16.1. The number of thiazole rings is 1. The first-order valence-corrected chi connectivity index (χ1v) is 9.81. The second-order valence-corrected chi connectivity index (χ2v) is 7.59. The highest BCUT2D eigenvalue weighted by Crippen LogP contribution is 2.27. The van der Waals surface area contributed by atoms with Gasteiger partial charge >= 0.3 is 0 Å². The smallest absolute Gasteiger partial charge is 0.252 e. The third kappa shape index (κ3) is 3.22. The summed E-state index contributed by atoms with van der Waals surface area (Å²) in [5.74, 6) is -0.0775. The number of nitrogens with zero attached hydrogens (tertiary/aromatic N) is 3. The predicted octanol–water partition coefficient (Wildman–Crippen LogP) is 3.21. The van der Waals surface area contributed by atoms with Crippen LogP contribution in [0.15, 0.2) is 36.0 Å². The second kappa shape index (κ2) is 7.13. The van der Waals surface area contributed by atoms with Crippen LogP contribution >= 0.6 is 11.3 Å². The molecule has 0 unspecified atom stereocenters. The predicted molar refractivity (Wildman–Crippen MR) is 105 cm³/mol. The van der Waals surface area contributed by atoms with Crippen LogP contribution in [-0.4, -0.2) is 40.9 Å². The molecule has 1 aliphatic rings. The zero-order valence-electron chi connectivity index (χ0n) is 15.0. The fourth-order valence-electron chi connectivity index (χ4n) is 3.61. The largest absolute Gasteiger partial charge is 0.355 e. The van der Waals surface area contributed by atoms with Crippen molar-refractivity contribution < 1.29 is 4.79 Å². The molecule has 1 atom stereocenters. The Hall–Kier alpha value is -2.31. The zero-order chi connectivity index (χ0) is 18.1. The van der Waals surface area contributed by atoms with Gasteiger partial charge in [-0.1, -0.05) is 6.07 Å². The van der Waals surface area contributed by atoms with Gasteiger partial charge in [0.25, 0.3) is 5.91 Å². The lowest BCUT2D eigenvalue weighted by atomic mass is 10.1. The van der Waals surface area contributed by atoms with E-state index in [2.05, 4.69) is 45.3 Å². The molecule has 3 aromatic rings. The molecule has 0 saturated carbocycles. The summed E-state index contributed by atoms with van der Waals surface area (Å²) in [6.45, 7) is 4.19. The minimum atomic E-state index is -0.0775. The Kier molecular flexibility index (Phi) is 4.70. The third-order valence-corrected chi connectivity index (χ3v) is 6.05. The summed E-state index contributed by atoms with van der Waals surface area (Å²) in [6.07, 6.45) is 3.51. The molecule has 1 aromatic carbocycles. The molecule has 1 N–H and O–H groups in total. The van der Waals surface area contributed by atoms with Crippen molar-refractivity contribution in [3.8, 4) is 0 Å². The summed E-state index contributed by atoms with van der Waals surface area (Å²) >= 11 is 1.68. The van der Waals surface area contributed by atoms with Crippen molar-refractivity contribution in [2.24, 2.45) is 0 Å². The van der Waals surface area contributed by atoms with E-state index in [0.717, 1.165) is 37.1 Å². The van der Waals surface area contributed by atoms with Crippen LogP contribution in [0.3, 0.4) is 0 Å². The van der Waals surface area contributed by atoms with Gasteiger partial charge in [-0.3, -0.25) is 14.7 Å². The van der Waals surface area contributed by atoms with E-state index in [-0.39, 0.29) is 5.91 Å². The Balaban J connectivity index is 1.53. The average Bonchev–Trinajstić information content (AvgIpc) is 3.04. The number of fused-ring (bicyclic) bond motifs is 2. The van der Waals surface area contributed by atoms with Crippen LogP contribution in [0.4, 0.5) is 0 Å². The van der Waals surface area contributed by atoms with Gasteiger partial charge in [-0.05, 0) is 42.7 Å². The Morgan fingerprint density at radius 3 is 2.92 bits per heavy atom. The molecule has 1 aliphatic heterocycles. The van der Waals surface area contributed by atoms with Gasteiger partial charge in [0.2, 0.25) is 0 Å². The highest BCUT2D eigenvalue weighted by atomic mass is 32.1. The van der Waals surface area contributed by atoms with Gasteiger partial charge in [-0.25, -0.2) is 4.98 Å². The quantitative estimate of drug-likeness (QED) is 0.773. The summed E-state index contributed by atoms with van der Waals surface area (Å²) in [7, 11) is 1.65. The molecule has 0 spiro atoms. The van der Waals surface area contributed by atoms with Gasteiger partial charge in [-0.15, -0.1) is 11.3 Å². The fourth-order valence-corrected chi connectivity index (χ4v) is 4.27. The van der Waals surface area contributed by atoms with Crippen molar-refractivity contribution in [3.05, 3.63) is 58.4 Å². The lowest BCUT2D eigenvalue weighted by Crippen LogP contribution is -2.29. The lowest BCUT2D eigenvalue weighted by Gasteiger charge is -2.27.